The number of carbonyl (C=O) groups excluding carboxylic acids is 1. The minimum Gasteiger partial charge on any atom is -0.343 e. The van der Waals surface area contributed by atoms with Crippen LogP contribution in [0.15, 0.2) is 48.7 Å². The number of pyridine rings is 1. The van der Waals surface area contributed by atoms with Gasteiger partial charge in [0.15, 0.2) is 5.79 Å². The molecule has 1 aromatic carbocycles. The number of halogens is 1. The number of hydrogen-bond acceptors (Lipinski definition) is 5. The molecule has 170 valence electrons. The number of nitrogens with zero attached hydrogens (tertiary/aromatic N) is 3. The maximum absolute atomic E-state index is 13.4. The Morgan fingerprint density at radius 2 is 1.81 bits per heavy atom. The molecule has 3 saturated heterocycles. The van der Waals surface area contributed by atoms with Gasteiger partial charge in [-0.25, -0.2) is 4.39 Å². The van der Waals surface area contributed by atoms with Crippen molar-refractivity contribution in [2.24, 2.45) is 5.41 Å². The number of benzene rings is 1. The van der Waals surface area contributed by atoms with Gasteiger partial charge in [-0.2, -0.15) is 0 Å². The Hall–Kier alpha value is -2.35. The van der Waals surface area contributed by atoms with Crippen LogP contribution in [-0.2, 0) is 26.6 Å². The molecule has 1 atom stereocenters. The maximum atomic E-state index is 13.4. The average Bonchev–Trinajstić information content (AvgIpc) is 3.53. The first-order valence-corrected chi connectivity index (χ1v) is 11.5. The van der Waals surface area contributed by atoms with E-state index in [2.05, 4.69) is 9.88 Å². The molecule has 4 heterocycles. The van der Waals surface area contributed by atoms with E-state index in [0.717, 1.165) is 56.7 Å². The molecule has 7 heteroatoms. The zero-order chi connectivity index (χ0) is 22.0. The summed E-state index contributed by atoms with van der Waals surface area (Å²) in [5.74, 6) is -0.771. The van der Waals surface area contributed by atoms with Gasteiger partial charge in [0.2, 0.25) is 5.91 Å². The Morgan fingerprint density at radius 3 is 2.56 bits per heavy atom. The van der Waals surface area contributed by atoms with Crippen molar-refractivity contribution in [3.8, 4) is 0 Å². The zero-order valence-corrected chi connectivity index (χ0v) is 18.3. The summed E-state index contributed by atoms with van der Waals surface area (Å²) in [5, 5.41) is 0. The molecule has 3 fully saturated rings. The van der Waals surface area contributed by atoms with E-state index < -0.39 is 5.79 Å². The molecule has 3 aliphatic rings. The Morgan fingerprint density at radius 1 is 1.03 bits per heavy atom. The normalized spacial score (nSPS) is 25.3. The first-order valence-electron chi connectivity index (χ1n) is 11.5. The zero-order valence-electron chi connectivity index (χ0n) is 18.3. The second-order valence-electron chi connectivity index (χ2n) is 9.16. The van der Waals surface area contributed by atoms with Crippen LogP contribution in [0.3, 0.4) is 0 Å². The van der Waals surface area contributed by atoms with Gasteiger partial charge in [-0.3, -0.25) is 9.78 Å². The first-order chi connectivity index (χ1) is 15.6. The SMILES string of the molecule is O=C1N(Cc2ccccn2)CCC12CCN(CCCC1(c3ccc(F)cc3)OCCO1)C2. The second kappa shape index (κ2) is 8.89. The number of aromatic nitrogens is 1. The fourth-order valence-electron chi connectivity index (χ4n) is 5.41. The molecule has 0 radical (unpaired) electrons. The number of hydrogen-bond donors (Lipinski definition) is 0. The van der Waals surface area contributed by atoms with Crippen LogP contribution in [0.5, 0.6) is 0 Å². The van der Waals surface area contributed by atoms with E-state index in [1.54, 1.807) is 18.3 Å². The molecule has 3 aliphatic heterocycles. The Labute approximate surface area is 188 Å². The van der Waals surface area contributed by atoms with E-state index in [1.165, 1.54) is 12.1 Å². The van der Waals surface area contributed by atoms with E-state index in [4.69, 9.17) is 9.47 Å². The van der Waals surface area contributed by atoms with Crippen LogP contribution in [0.2, 0.25) is 0 Å². The molecular weight excluding hydrogens is 409 g/mol. The number of rotatable bonds is 7. The lowest BCUT2D eigenvalue weighted by atomic mass is 9.85. The number of carbonyl (C=O) groups is 1. The highest BCUT2D eigenvalue weighted by Crippen LogP contribution is 2.42. The van der Waals surface area contributed by atoms with Crippen LogP contribution in [0.4, 0.5) is 4.39 Å². The monoisotopic (exact) mass is 439 g/mol. The Bertz CT molecular complexity index is 933. The van der Waals surface area contributed by atoms with E-state index in [9.17, 15) is 9.18 Å². The third-order valence-corrected chi connectivity index (χ3v) is 7.13. The van der Waals surface area contributed by atoms with Crippen molar-refractivity contribution in [3.05, 3.63) is 65.7 Å². The number of amides is 1. The summed E-state index contributed by atoms with van der Waals surface area (Å²) in [4.78, 5) is 22.0. The summed E-state index contributed by atoms with van der Waals surface area (Å²) < 4.78 is 25.3. The van der Waals surface area contributed by atoms with Crippen molar-refractivity contribution in [2.45, 2.75) is 38.0 Å². The van der Waals surface area contributed by atoms with Crippen molar-refractivity contribution in [3.63, 3.8) is 0 Å². The van der Waals surface area contributed by atoms with Gasteiger partial charge in [0.25, 0.3) is 0 Å². The fraction of sp³-hybridized carbons (Fsp3) is 0.520. The summed E-state index contributed by atoms with van der Waals surface area (Å²) >= 11 is 0. The minimum atomic E-state index is -0.784. The van der Waals surface area contributed by atoms with Crippen molar-refractivity contribution in [2.75, 3.05) is 39.4 Å². The van der Waals surface area contributed by atoms with Gasteiger partial charge < -0.3 is 19.3 Å². The molecule has 2 aromatic rings. The van der Waals surface area contributed by atoms with Crippen LogP contribution in [-0.4, -0.2) is 60.1 Å². The van der Waals surface area contributed by atoms with Gasteiger partial charge in [0.05, 0.1) is 30.9 Å². The lowest BCUT2D eigenvalue weighted by molar-refractivity contribution is -0.172. The molecule has 32 heavy (non-hydrogen) atoms. The summed E-state index contributed by atoms with van der Waals surface area (Å²) in [7, 11) is 0. The topological polar surface area (TPSA) is 54.9 Å². The molecule has 0 saturated carbocycles. The standard InChI is InChI=1S/C25H30FN3O3/c26-21-7-5-20(6-8-21)25(31-16-17-32-25)9-3-13-28-14-10-24(19-28)11-15-29(23(24)30)18-22-4-1-2-12-27-22/h1-2,4-8,12H,3,9-11,13-19H2. The highest BCUT2D eigenvalue weighted by atomic mass is 19.1. The highest BCUT2D eigenvalue weighted by Gasteiger charge is 2.50. The summed E-state index contributed by atoms with van der Waals surface area (Å²) in [6.45, 7) is 5.14. The third-order valence-electron chi connectivity index (χ3n) is 7.13. The molecule has 1 aromatic heterocycles. The molecule has 1 unspecified atom stereocenters. The smallest absolute Gasteiger partial charge is 0.230 e. The quantitative estimate of drug-likeness (QED) is 0.663. The van der Waals surface area contributed by atoms with Gasteiger partial charge in [0.1, 0.15) is 5.82 Å². The lowest BCUT2D eigenvalue weighted by Crippen LogP contribution is -2.37. The highest BCUT2D eigenvalue weighted by molar-refractivity contribution is 5.85. The lowest BCUT2D eigenvalue weighted by Gasteiger charge is -2.29. The molecule has 0 N–H and O–H groups in total. The van der Waals surface area contributed by atoms with Gasteiger partial charge in [-0.05, 0) is 56.6 Å². The molecule has 5 rings (SSSR count). The molecule has 6 nitrogen and oxygen atoms in total. The number of ether oxygens (including phenoxy) is 2. The molecule has 0 bridgehead atoms. The van der Waals surface area contributed by atoms with Gasteiger partial charge in [-0.1, -0.05) is 18.2 Å². The van der Waals surface area contributed by atoms with Gasteiger partial charge in [0, 0.05) is 31.3 Å². The van der Waals surface area contributed by atoms with Gasteiger partial charge in [-0.15, -0.1) is 0 Å². The second-order valence-corrected chi connectivity index (χ2v) is 9.16. The van der Waals surface area contributed by atoms with Crippen LogP contribution < -0.4 is 0 Å². The largest absolute Gasteiger partial charge is 0.343 e. The predicted octanol–water partition coefficient (Wildman–Crippen LogP) is 3.33. The van der Waals surface area contributed by atoms with E-state index in [-0.39, 0.29) is 17.1 Å². The van der Waals surface area contributed by atoms with Crippen molar-refractivity contribution in [1.82, 2.24) is 14.8 Å². The summed E-state index contributed by atoms with van der Waals surface area (Å²) in [5.41, 5.74) is 1.56. The summed E-state index contributed by atoms with van der Waals surface area (Å²) in [6.07, 6.45) is 5.21. The molecule has 0 aliphatic carbocycles. The van der Waals surface area contributed by atoms with E-state index in [1.807, 2.05) is 23.1 Å². The fourth-order valence-corrected chi connectivity index (χ4v) is 5.41. The third kappa shape index (κ3) is 4.17. The number of likely N-dealkylation sites (tertiary alicyclic amines) is 2. The maximum Gasteiger partial charge on any atom is 0.230 e. The van der Waals surface area contributed by atoms with Crippen molar-refractivity contribution >= 4 is 5.91 Å². The van der Waals surface area contributed by atoms with E-state index in [0.29, 0.717) is 26.2 Å². The molecule has 1 amide bonds. The Balaban J connectivity index is 1.16. The van der Waals surface area contributed by atoms with Crippen LogP contribution in [0.25, 0.3) is 0 Å². The first kappa shape index (κ1) is 21.5. The predicted molar refractivity (Wildman–Crippen MR) is 117 cm³/mol. The van der Waals surface area contributed by atoms with Crippen molar-refractivity contribution < 1.29 is 18.7 Å². The molecule has 1 spiro atoms. The van der Waals surface area contributed by atoms with Crippen LogP contribution in [0.1, 0.15) is 36.9 Å². The minimum absolute atomic E-state index is 0.246. The van der Waals surface area contributed by atoms with Crippen LogP contribution in [0, 0.1) is 11.2 Å². The van der Waals surface area contributed by atoms with Gasteiger partial charge >= 0.3 is 0 Å². The van der Waals surface area contributed by atoms with E-state index >= 15 is 0 Å². The average molecular weight is 440 g/mol. The summed E-state index contributed by atoms with van der Waals surface area (Å²) in [6, 6.07) is 12.2. The van der Waals surface area contributed by atoms with Crippen molar-refractivity contribution in [1.29, 1.82) is 0 Å². The molecular formula is C25H30FN3O3. The Kier molecular flexibility index (Phi) is 5.97. The van der Waals surface area contributed by atoms with Crippen LogP contribution >= 0.6 is 0 Å².